The second-order valence-corrected chi connectivity index (χ2v) is 4.88. The van der Waals surface area contributed by atoms with Crippen molar-refractivity contribution in [3.63, 3.8) is 0 Å². The van der Waals surface area contributed by atoms with E-state index in [2.05, 4.69) is 24.5 Å². The van der Waals surface area contributed by atoms with E-state index in [0.717, 1.165) is 44.8 Å². The minimum Gasteiger partial charge on any atom is -0.356 e. The van der Waals surface area contributed by atoms with Crippen LogP contribution >= 0.6 is 0 Å². The van der Waals surface area contributed by atoms with Crippen LogP contribution < -0.4 is 10.6 Å². The van der Waals surface area contributed by atoms with Gasteiger partial charge in [-0.25, -0.2) is 0 Å². The first-order chi connectivity index (χ1) is 7.76. The van der Waals surface area contributed by atoms with Crippen molar-refractivity contribution >= 4 is 5.91 Å². The fraction of sp³-hybridized carbons (Fsp3) is 0.923. The monoisotopic (exact) mass is 226 g/mol. The normalized spacial score (nSPS) is 20.3. The highest BCUT2D eigenvalue weighted by Gasteiger charge is 2.15. The van der Waals surface area contributed by atoms with E-state index in [1.807, 2.05) is 0 Å². The molecule has 0 aromatic heterocycles. The van der Waals surface area contributed by atoms with E-state index in [0.29, 0.717) is 12.3 Å². The summed E-state index contributed by atoms with van der Waals surface area (Å²) < 4.78 is 0. The molecule has 1 heterocycles. The Labute approximate surface area is 99.4 Å². The summed E-state index contributed by atoms with van der Waals surface area (Å²) in [6, 6.07) is 0. The largest absolute Gasteiger partial charge is 0.356 e. The first-order valence-electron chi connectivity index (χ1n) is 6.73. The summed E-state index contributed by atoms with van der Waals surface area (Å²) >= 11 is 0. The quantitative estimate of drug-likeness (QED) is 0.696. The minimum absolute atomic E-state index is 0.235. The van der Waals surface area contributed by atoms with Gasteiger partial charge in [0, 0.05) is 13.0 Å². The van der Waals surface area contributed by atoms with Gasteiger partial charge in [-0.05, 0) is 37.8 Å². The second-order valence-electron chi connectivity index (χ2n) is 4.88. The van der Waals surface area contributed by atoms with Gasteiger partial charge in [-0.2, -0.15) is 0 Å². The summed E-state index contributed by atoms with van der Waals surface area (Å²) in [7, 11) is 0. The number of hydrogen-bond acceptors (Lipinski definition) is 2. The molecule has 1 atom stereocenters. The Kier molecular flexibility index (Phi) is 6.46. The molecule has 3 heteroatoms. The van der Waals surface area contributed by atoms with Crippen LogP contribution in [0.5, 0.6) is 0 Å². The molecule has 94 valence electrons. The number of amides is 1. The first kappa shape index (κ1) is 13.5. The molecule has 1 saturated heterocycles. The van der Waals surface area contributed by atoms with E-state index in [1.165, 1.54) is 6.42 Å². The van der Waals surface area contributed by atoms with E-state index >= 15 is 0 Å². The summed E-state index contributed by atoms with van der Waals surface area (Å²) in [5.41, 5.74) is 0. The Bertz CT molecular complexity index is 188. The van der Waals surface area contributed by atoms with Crippen LogP contribution in [-0.4, -0.2) is 25.5 Å². The topological polar surface area (TPSA) is 41.1 Å². The molecule has 3 nitrogen and oxygen atoms in total. The van der Waals surface area contributed by atoms with Crippen molar-refractivity contribution in [3.8, 4) is 0 Å². The van der Waals surface area contributed by atoms with Crippen molar-refractivity contribution in [3.05, 3.63) is 0 Å². The van der Waals surface area contributed by atoms with Crippen molar-refractivity contribution in [1.29, 1.82) is 0 Å². The van der Waals surface area contributed by atoms with Gasteiger partial charge >= 0.3 is 0 Å². The van der Waals surface area contributed by atoms with Crippen LogP contribution in [0.1, 0.15) is 46.0 Å². The minimum atomic E-state index is 0.235. The zero-order chi connectivity index (χ0) is 11.8. The Morgan fingerprint density at radius 1 is 1.44 bits per heavy atom. The molecule has 0 spiro atoms. The molecule has 1 rings (SSSR count). The number of nitrogens with one attached hydrogen (secondary N) is 2. The van der Waals surface area contributed by atoms with Gasteiger partial charge < -0.3 is 10.6 Å². The average Bonchev–Trinajstić information content (AvgIpc) is 2.80. The maximum atomic E-state index is 11.6. The van der Waals surface area contributed by atoms with Gasteiger partial charge in [-0.15, -0.1) is 0 Å². The molecule has 0 saturated carbocycles. The molecule has 2 N–H and O–H groups in total. The van der Waals surface area contributed by atoms with Gasteiger partial charge in [0.15, 0.2) is 0 Å². The van der Waals surface area contributed by atoms with E-state index in [1.54, 1.807) is 0 Å². The van der Waals surface area contributed by atoms with Crippen LogP contribution in [0.15, 0.2) is 0 Å². The maximum absolute atomic E-state index is 11.6. The van der Waals surface area contributed by atoms with Gasteiger partial charge in [-0.3, -0.25) is 4.79 Å². The molecule has 1 aliphatic rings. The Morgan fingerprint density at radius 3 is 2.75 bits per heavy atom. The summed E-state index contributed by atoms with van der Waals surface area (Å²) in [4.78, 5) is 11.6. The van der Waals surface area contributed by atoms with Crippen LogP contribution in [0.4, 0.5) is 0 Å². The molecular formula is C13H26N2O. The van der Waals surface area contributed by atoms with Gasteiger partial charge in [0.2, 0.25) is 5.91 Å². The van der Waals surface area contributed by atoms with Crippen LogP contribution in [0.2, 0.25) is 0 Å². The highest BCUT2D eigenvalue weighted by Crippen LogP contribution is 2.14. The molecule has 1 amide bonds. The zero-order valence-electron chi connectivity index (χ0n) is 10.7. The van der Waals surface area contributed by atoms with Crippen molar-refractivity contribution in [2.24, 2.45) is 11.8 Å². The lowest BCUT2D eigenvalue weighted by molar-refractivity contribution is -0.121. The molecule has 0 aromatic rings. The van der Waals surface area contributed by atoms with E-state index < -0.39 is 0 Å². The number of carbonyl (C=O) groups is 1. The molecule has 0 bridgehead atoms. The third-order valence-corrected chi connectivity index (χ3v) is 3.68. The Balaban J connectivity index is 2.05. The number of hydrogen-bond donors (Lipinski definition) is 2. The SMILES string of the molecule is CCC(CC)CNC(=O)CCC1CCNC1. The van der Waals surface area contributed by atoms with Gasteiger partial charge in [0.25, 0.3) is 0 Å². The lowest BCUT2D eigenvalue weighted by atomic mass is 10.0. The van der Waals surface area contributed by atoms with E-state index in [9.17, 15) is 4.79 Å². The fourth-order valence-electron chi connectivity index (χ4n) is 2.22. The highest BCUT2D eigenvalue weighted by molar-refractivity contribution is 5.75. The van der Waals surface area contributed by atoms with Crippen molar-refractivity contribution in [1.82, 2.24) is 10.6 Å². The second kappa shape index (κ2) is 7.66. The maximum Gasteiger partial charge on any atom is 0.220 e. The van der Waals surface area contributed by atoms with Crippen LogP contribution in [0.25, 0.3) is 0 Å². The van der Waals surface area contributed by atoms with Crippen molar-refractivity contribution < 1.29 is 4.79 Å². The Morgan fingerprint density at radius 2 is 2.19 bits per heavy atom. The van der Waals surface area contributed by atoms with Crippen LogP contribution in [0, 0.1) is 11.8 Å². The number of carbonyl (C=O) groups excluding carboxylic acids is 1. The Hall–Kier alpha value is -0.570. The van der Waals surface area contributed by atoms with Crippen LogP contribution in [-0.2, 0) is 4.79 Å². The van der Waals surface area contributed by atoms with Crippen molar-refractivity contribution in [2.45, 2.75) is 46.0 Å². The molecule has 0 radical (unpaired) electrons. The summed E-state index contributed by atoms with van der Waals surface area (Å²) in [6.45, 7) is 7.45. The molecule has 0 aliphatic carbocycles. The molecule has 1 fully saturated rings. The fourth-order valence-corrected chi connectivity index (χ4v) is 2.22. The van der Waals surface area contributed by atoms with Crippen LogP contribution in [0.3, 0.4) is 0 Å². The highest BCUT2D eigenvalue weighted by atomic mass is 16.1. The zero-order valence-corrected chi connectivity index (χ0v) is 10.7. The molecule has 0 aromatic carbocycles. The van der Waals surface area contributed by atoms with E-state index in [-0.39, 0.29) is 5.91 Å². The van der Waals surface area contributed by atoms with E-state index in [4.69, 9.17) is 0 Å². The summed E-state index contributed by atoms with van der Waals surface area (Å²) in [6.07, 6.45) is 5.29. The average molecular weight is 226 g/mol. The molecule has 1 unspecified atom stereocenters. The number of rotatable bonds is 7. The lowest BCUT2D eigenvalue weighted by Gasteiger charge is -2.14. The van der Waals surface area contributed by atoms with Gasteiger partial charge in [-0.1, -0.05) is 26.7 Å². The third kappa shape index (κ3) is 4.97. The standard InChI is InChI=1S/C13H26N2O/c1-3-11(4-2)10-15-13(16)6-5-12-7-8-14-9-12/h11-12,14H,3-10H2,1-2H3,(H,15,16). The predicted octanol–water partition coefficient (Wildman–Crippen LogP) is 1.93. The molecular weight excluding hydrogens is 200 g/mol. The predicted molar refractivity (Wildman–Crippen MR) is 67.3 cm³/mol. The van der Waals surface area contributed by atoms with Gasteiger partial charge in [0.05, 0.1) is 0 Å². The third-order valence-electron chi connectivity index (χ3n) is 3.68. The first-order valence-corrected chi connectivity index (χ1v) is 6.73. The summed E-state index contributed by atoms with van der Waals surface area (Å²) in [5, 5.41) is 6.38. The smallest absolute Gasteiger partial charge is 0.220 e. The molecule has 1 aliphatic heterocycles. The summed E-state index contributed by atoms with van der Waals surface area (Å²) in [5.74, 6) is 1.61. The van der Waals surface area contributed by atoms with Crippen molar-refractivity contribution in [2.75, 3.05) is 19.6 Å². The molecule has 16 heavy (non-hydrogen) atoms. The van der Waals surface area contributed by atoms with Gasteiger partial charge in [0.1, 0.15) is 0 Å². The lowest BCUT2D eigenvalue weighted by Crippen LogP contribution is -2.29.